The molecule has 10 aromatic rings. The Morgan fingerprint density at radius 3 is 1.65 bits per heavy atom. The van der Waals surface area contributed by atoms with E-state index in [1.807, 2.05) is 0 Å². The van der Waals surface area contributed by atoms with Crippen molar-refractivity contribution in [1.82, 2.24) is 0 Å². The Labute approximate surface area is 301 Å². The van der Waals surface area contributed by atoms with Crippen LogP contribution in [-0.4, -0.2) is 0 Å². The van der Waals surface area contributed by atoms with Gasteiger partial charge in [-0.2, -0.15) is 0 Å². The predicted octanol–water partition coefficient (Wildman–Crippen LogP) is 13.6. The van der Waals surface area contributed by atoms with Crippen molar-refractivity contribution in [1.29, 1.82) is 0 Å². The van der Waals surface area contributed by atoms with Gasteiger partial charge in [-0.15, -0.1) is 0 Å². The topological polar surface area (TPSA) is 13.1 Å². The van der Waals surface area contributed by atoms with Crippen molar-refractivity contribution in [2.75, 3.05) is 0 Å². The molecule has 0 saturated carbocycles. The van der Waals surface area contributed by atoms with Crippen LogP contribution >= 0.6 is 0 Å². The van der Waals surface area contributed by atoms with Crippen molar-refractivity contribution in [3.63, 3.8) is 0 Å². The second kappa shape index (κ2) is 10.2. The Morgan fingerprint density at radius 2 is 0.865 bits per heavy atom. The van der Waals surface area contributed by atoms with E-state index in [1.165, 1.54) is 88.3 Å². The summed E-state index contributed by atoms with van der Waals surface area (Å²) in [4.78, 5) is 0. The molecule has 0 fully saturated rings. The van der Waals surface area contributed by atoms with Crippen molar-refractivity contribution >= 4 is 43.5 Å². The first-order chi connectivity index (χ1) is 25.8. The first-order valence-electron chi connectivity index (χ1n) is 18.1. The Hall–Kier alpha value is -6.70. The minimum absolute atomic E-state index is 0.452. The van der Waals surface area contributed by atoms with Gasteiger partial charge in [-0.25, -0.2) is 0 Å². The van der Waals surface area contributed by atoms with Gasteiger partial charge in [0.1, 0.15) is 11.2 Å². The van der Waals surface area contributed by atoms with Crippen molar-refractivity contribution in [3.8, 4) is 44.5 Å². The first kappa shape index (κ1) is 28.0. The van der Waals surface area contributed by atoms with Gasteiger partial charge in [0.15, 0.2) is 0 Å². The molecule has 12 rings (SSSR count). The molecule has 0 aliphatic heterocycles. The van der Waals surface area contributed by atoms with Crippen molar-refractivity contribution in [3.05, 3.63) is 204 Å². The zero-order valence-electron chi connectivity index (χ0n) is 28.2. The van der Waals surface area contributed by atoms with Gasteiger partial charge >= 0.3 is 0 Å². The van der Waals surface area contributed by atoms with E-state index < -0.39 is 5.41 Å². The normalized spacial score (nSPS) is 13.5. The van der Waals surface area contributed by atoms with Crippen LogP contribution in [-0.2, 0) is 5.41 Å². The minimum atomic E-state index is -0.452. The third-order valence-electron chi connectivity index (χ3n) is 11.8. The number of benzene rings is 9. The summed E-state index contributed by atoms with van der Waals surface area (Å²) in [5, 5.41) is 7.26. The van der Waals surface area contributed by atoms with E-state index in [4.69, 9.17) is 4.42 Å². The summed E-state index contributed by atoms with van der Waals surface area (Å²) in [6, 6.07) is 67.5. The fourth-order valence-electron chi connectivity index (χ4n) is 9.60. The van der Waals surface area contributed by atoms with Gasteiger partial charge in [-0.1, -0.05) is 146 Å². The molecular weight excluding hydrogens is 629 g/mol. The third-order valence-corrected chi connectivity index (χ3v) is 11.8. The summed E-state index contributed by atoms with van der Waals surface area (Å²) in [6.45, 7) is 0. The van der Waals surface area contributed by atoms with E-state index in [2.05, 4.69) is 182 Å². The highest BCUT2D eigenvalue weighted by atomic mass is 16.3. The first-order valence-corrected chi connectivity index (χ1v) is 18.1. The fourth-order valence-corrected chi connectivity index (χ4v) is 9.60. The van der Waals surface area contributed by atoms with Crippen LogP contribution < -0.4 is 0 Å². The maximum atomic E-state index is 6.39. The lowest BCUT2D eigenvalue weighted by Crippen LogP contribution is -2.26. The molecular formula is C51H30O. The lowest BCUT2D eigenvalue weighted by atomic mass is 9.69. The molecule has 0 unspecified atom stereocenters. The fraction of sp³-hybridized carbons (Fsp3) is 0.0196. The molecule has 1 heteroatoms. The lowest BCUT2D eigenvalue weighted by molar-refractivity contribution is 0.669. The van der Waals surface area contributed by atoms with Crippen LogP contribution in [0, 0.1) is 0 Å². The smallest absolute Gasteiger partial charge is 0.136 e. The number of hydrogen-bond acceptors (Lipinski definition) is 1. The van der Waals surface area contributed by atoms with Gasteiger partial charge in [0.25, 0.3) is 0 Å². The predicted molar refractivity (Wildman–Crippen MR) is 216 cm³/mol. The van der Waals surface area contributed by atoms with Gasteiger partial charge in [-0.05, 0) is 125 Å². The van der Waals surface area contributed by atoms with E-state index in [1.54, 1.807) is 0 Å². The minimum Gasteiger partial charge on any atom is -0.456 e. The van der Waals surface area contributed by atoms with Crippen LogP contribution in [0.3, 0.4) is 0 Å². The monoisotopic (exact) mass is 658 g/mol. The van der Waals surface area contributed by atoms with E-state index in [0.717, 1.165) is 21.9 Å². The Bertz CT molecular complexity index is 3080. The summed E-state index contributed by atoms with van der Waals surface area (Å²) in [5.41, 5.74) is 17.0. The lowest BCUT2D eigenvalue weighted by Gasteiger charge is -2.32. The standard InChI is InChI=1S/C51H30O/c1-2-10-31(11-3-1)37-21-23-40-41-24-20-32-18-19-35(36-22-25-48-43(28-36)44-27-33-12-4-5-13-34(33)30-49(44)52-48)26-42(32)50(41)51(47(40)29-37)45-16-8-6-14-38(45)39-15-7-9-17-46(39)51/h1-30H. The molecule has 2 aliphatic carbocycles. The van der Waals surface area contributed by atoms with E-state index in [-0.39, 0.29) is 0 Å². The van der Waals surface area contributed by atoms with Crippen LogP contribution in [0.25, 0.3) is 88.0 Å². The van der Waals surface area contributed by atoms with Crippen molar-refractivity contribution in [2.24, 2.45) is 0 Å². The number of rotatable bonds is 2. The molecule has 1 aromatic heterocycles. The summed E-state index contributed by atoms with van der Waals surface area (Å²) >= 11 is 0. The molecule has 1 nitrogen and oxygen atoms in total. The highest BCUT2D eigenvalue weighted by Crippen LogP contribution is 2.64. The quantitative estimate of drug-likeness (QED) is 0.180. The Kier molecular flexibility index (Phi) is 5.49. The summed E-state index contributed by atoms with van der Waals surface area (Å²) in [7, 11) is 0. The molecule has 1 spiro atoms. The van der Waals surface area contributed by atoms with Gasteiger partial charge in [-0.3, -0.25) is 0 Å². The molecule has 1 heterocycles. The molecule has 9 aromatic carbocycles. The summed E-state index contributed by atoms with van der Waals surface area (Å²) in [6.07, 6.45) is 0. The highest BCUT2D eigenvalue weighted by Gasteiger charge is 2.52. The summed E-state index contributed by atoms with van der Waals surface area (Å²) < 4.78 is 6.39. The second-order valence-electron chi connectivity index (χ2n) is 14.4. The van der Waals surface area contributed by atoms with E-state index in [9.17, 15) is 0 Å². The van der Waals surface area contributed by atoms with E-state index in [0.29, 0.717) is 0 Å². The number of fused-ring (bicyclic) bond motifs is 16. The zero-order valence-corrected chi connectivity index (χ0v) is 28.2. The third kappa shape index (κ3) is 3.62. The Morgan fingerprint density at radius 1 is 0.308 bits per heavy atom. The molecule has 0 saturated heterocycles. The average molecular weight is 659 g/mol. The molecule has 0 bridgehead atoms. The molecule has 0 amide bonds. The molecule has 52 heavy (non-hydrogen) atoms. The SMILES string of the molecule is c1ccc(-c2ccc3c(c2)C2(c4ccccc4-c4ccccc42)c2c-3ccc3ccc(-c4ccc5oc6cc7ccccc7cc6c5c4)cc23)cc1. The zero-order chi connectivity index (χ0) is 34.0. The molecule has 240 valence electrons. The average Bonchev–Trinajstić information content (AvgIpc) is 3.83. The van der Waals surface area contributed by atoms with Crippen molar-refractivity contribution in [2.45, 2.75) is 5.41 Å². The van der Waals surface area contributed by atoms with Gasteiger partial charge < -0.3 is 4.42 Å². The highest BCUT2D eigenvalue weighted by molar-refractivity contribution is 6.11. The van der Waals surface area contributed by atoms with Crippen LogP contribution in [0.15, 0.2) is 186 Å². The maximum Gasteiger partial charge on any atom is 0.136 e. The van der Waals surface area contributed by atoms with Crippen LogP contribution in [0.2, 0.25) is 0 Å². The van der Waals surface area contributed by atoms with Crippen LogP contribution in [0.5, 0.6) is 0 Å². The largest absolute Gasteiger partial charge is 0.456 e. The molecule has 0 radical (unpaired) electrons. The number of hydrogen-bond donors (Lipinski definition) is 0. The summed E-state index contributed by atoms with van der Waals surface area (Å²) in [5.74, 6) is 0. The van der Waals surface area contributed by atoms with E-state index >= 15 is 0 Å². The van der Waals surface area contributed by atoms with Gasteiger partial charge in [0.2, 0.25) is 0 Å². The van der Waals surface area contributed by atoms with Crippen LogP contribution in [0.1, 0.15) is 22.3 Å². The Balaban J connectivity index is 1.14. The molecule has 2 aliphatic rings. The number of furan rings is 1. The van der Waals surface area contributed by atoms with Crippen molar-refractivity contribution < 1.29 is 4.42 Å². The second-order valence-corrected chi connectivity index (χ2v) is 14.4. The van der Waals surface area contributed by atoms with Crippen LogP contribution in [0.4, 0.5) is 0 Å². The van der Waals surface area contributed by atoms with Gasteiger partial charge in [0.05, 0.1) is 5.41 Å². The van der Waals surface area contributed by atoms with Gasteiger partial charge in [0, 0.05) is 10.8 Å². The maximum absolute atomic E-state index is 6.39. The molecule has 0 atom stereocenters. The molecule has 0 N–H and O–H groups in total.